The zero-order chi connectivity index (χ0) is 18.6. The molecule has 0 aliphatic heterocycles. The number of allylic oxidation sites excluding steroid dienone is 1. The largest absolute Gasteiger partial charge is 0.489 e. The fraction of sp³-hybridized carbons (Fsp3) is 0.500. The molecule has 0 heterocycles. The van der Waals surface area contributed by atoms with E-state index in [4.69, 9.17) is 4.74 Å². The maximum atomic E-state index is 12.9. The normalized spacial score (nSPS) is 13.5. The molecule has 0 amide bonds. The molecule has 0 bridgehead atoms. The lowest BCUT2D eigenvalue weighted by Gasteiger charge is -2.33. The number of benzene rings is 1. The summed E-state index contributed by atoms with van der Waals surface area (Å²) in [6.45, 7) is 3.60. The van der Waals surface area contributed by atoms with Crippen LogP contribution in [0.1, 0.15) is 31.4 Å². The highest BCUT2D eigenvalue weighted by atomic mass is 19.4. The average Bonchev–Trinajstić information content (AvgIpc) is 2.46. The molecule has 0 saturated heterocycles. The van der Waals surface area contributed by atoms with E-state index in [9.17, 15) is 31.4 Å². The summed E-state index contributed by atoms with van der Waals surface area (Å²) in [7, 11) is 0. The van der Waals surface area contributed by atoms with Crippen molar-refractivity contribution in [1.29, 1.82) is 0 Å². The van der Waals surface area contributed by atoms with Gasteiger partial charge in [-0.1, -0.05) is 31.6 Å². The van der Waals surface area contributed by atoms with Crippen molar-refractivity contribution in [3.8, 4) is 5.75 Å². The Labute approximate surface area is 135 Å². The minimum atomic E-state index is -5.90. The topological polar surface area (TPSA) is 29.5 Å². The van der Waals surface area contributed by atoms with Crippen molar-refractivity contribution in [2.24, 2.45) is 0 Å². The van der Waals surface area contributed by atoms with Gasteiger partial charge in [-0.15, -0.1) is 0 Å². The minimum absolute atomic E-state index is 0.134. The first-order valence-corrected chi connectivity index (χ1v) is 7.22. The van der Waals surface area contributed by atoms with Gasteiger partial charge in [-0.05, 0) is 31.0 Å². The lowest BCUT2D eigenvalue weighted by Crippen LogP contribution is -2.53. The molecule has 24 heavy (non-hydrogen) atoms. The molecule has 136 valence electrons. The second-order valence-corrected chi connectivity index (χ2v) is 5.16. The Morgan fingerprint density at radius 3 is 2.12 bits per heavy atom. The highest BCUT2D eigenvalue weighted by molar-refractivity contribution is 5.41. The molecule has 1 rings (SSSR count). The number of halogens is 6. The summed E-state index contributed by atoms with van der Waals surface area (Å²) in [5.74, 6) is 0.186. The first-order chi connectivity index (χ1) is 11.0. The Morgan fingerprint density at radius 2 is 1.67 bits per heavy atom. The molecule has 0 aliphatic rings. The molecule has 2 nitrogen and oxygen atoms in total. The summed E-state index contributed by atoms with van der Waals surface area (Å²) >= 11 is 0. The molecule has 0 saturated carbocycles. The van der Waals surface area contributed by atoms with Gasteiger partial charge in [-0.25, -0.2) is 0 Å². The lowest BCUT2D eigenvalue weighted by atomic mass is 9.90. The Bertz CT molecular complexity index is 561. The van der Waals surface area contributed by atoms with Crippen LogP contribution in [0, 0.1) is 0 Å². The second-order valence-electron chi connectivity index (χ2n) is 5.16. The Balaban J connectivity index is 3.40. The van der Waals surface area contributed by atoms with Crippen LogP contribution in [0.2, 0.25) is 0 Å². The van der Waals surface area contributed by atoms with E-state index in [1.807, 2.05) is 0 Å². The fourth-order valence-corrected chi connectivity index (χ4v) is 2.13. The van der Waals surface area contributed by atoms with Gasteiger partial charge in [-0.3, -0.25) is 0 Å². The minimum Gasteiger partial charge on any atom is -0.489 e. The van der Waals surface area contributed by atoms with E-state index in [0.717, 1.165) is 6.07 Å². The summed E-state index contributed by atoms with van der Waals surface area (Å²) in [6, 6.07) is 2.31. The number of hydrogen-bond donors (Lipinski definition) is 1. The van der Waals surface area contributed by atoms with Crippen molar-refractivity contribution in [3.63, 3.8) is 0 Å². The second kappa shape index (κ2) is 7.46. The van der Waals surface area contributed by atoms with E-state index < -0.39 is 23.5 Å². The first kappa shape index (κ1) is 20.3. The Hall–Kier alpha value is -1.70. The smallest absolute Gasteiger partial charge is 0.430 e. The van der Waals surface area contributed by atoms with Gasteiger partial charge in [0.1, 0.15) is 12.4 Å². The standard InChI is InChI=1S/C16H18F6O2/c1-3-5-9-24-13-8-7-12(10-11(13)6-4-2)14(23,15(17,18)19)16(20,21)22/h3,5,7-8,10,23H,4,6,9H2,1-2H3/b5-3-. The molecule has 0 fully saturated rings. The third-order valence-corrected chi connectivity index (χ3v) is 3.39. The third-order valence-electron chi connectivity index (χ3n) is 3.39. The quantitative estimate of drug-likeness (QED) is 0.580. The number of rotatable bonds is 6. The van der Waals surface area contributed by atoms with Crippen LogP contribution >= 0.6 is 0 Å². The maximum Gasteiger partial charge on any atom is 0.430 e. The molecule has 1 aromatic rings. The molecule has 1 aromatic carbocycles. The van der Waals surface area contributed by atoms with Crippen LogP contribution in [0.4, 0.5) is 26.3 Å². The van der Waals surface area contributed by atoms with Crippen molar-refractivity contribution in [2.45, 2.75) is 44.6 Å². The van der Waals surface area contributed by atoms with E-state index in [-0.39, 0.29) is 24.3 Å². The summed E-state index contributed by atoms with van der Waals surface area (Å²) < 4.78 is 83.0. The van der Waals surface area contributed by atoms with E-state index in [1.165, 1.54) is 0 Å². The van der Waals surface area contributed by atoms with Crippen molar-refractivity contribution >= 4 is 0 Å². The van der Waals surface area contributed by atoms with Gasteiger partial charge >= 0.3 is 12.4 Å². The van der Waals surface area contributed by atoms with Gasteiger partial charge < -0.3 is 9.84 Å². The van der Waals surface area contributed by atoms with Gasteiger partial charge in [0.25, 0.3) is 5.60 Å². The number of aliphatic hydroxyl groups is 1. The fourth-order valence-electron chi connectivity index (χ4n) is 2.13. The SMILES string of the molecule is C/C=C\COc1ccc(C(O)(C(F)(F)F)C(F)(F)F)cc1CCC. The Morgan fingerprint density at radius 1 is 1.08 bits per heavy atom. The van der Waals surface area contributed by atoms with Crippen molar-refractivity contribution in [3.05, 3.63) is 41.5 Å². The summed E-state index contributed by atoms with van der Waals surface area (Å²) in [5.41, 5.74) is -6.03. The van der Waals surface area contributed by atoms with Crippen LogP contribution in [0.25, 0.3) is 0 Å². The lowest BCUT2D eigenvalue weighted by molar-refractivity contribution is -0.376. The number of ether oxygens (including phenoxy) is 1. The number of aryl methyl sites for hydroxylation is 1. The van der Waals surface area contributed by atoms with Gasteiger partial charge in [0.2, 0.25) is 0 Å². The molecule has 8 heteroatoms. The summed E-state index contributed by atoms with van der Waals surface area (Å²) in [6.07, 6.45) is -7.76. The van der Waals surface area contributed by atoms with Gasteiger partial charge in [0.05, 0.1) is 0 Å². The third kappa shape index (κ3) is 4.03. The van der Waals surface area contributed by atoms with Crippen molar-refractivity contribution < 1.29 is 36.2 Å². The van der Waals surface area contributed by atoms with Crippen LogP contribution < -0.4 is 4.74 Å². The molecule has 1 N–H and O–H groups in total. The van der Waals surface area contributed by atoms with E-state index >= 15 is 0 Å². The first-order valence-electron chi connectivity index (χ1n) is 7.22. The molecule has 0 unspecified atom stereocenters. The predicted molar refractivity (Wildman–Crippen MR) is 76.8 cm³/mol. The van der Waals surface area contributed by atoms with Crippen molar-refractivity contribution in [1.82, 2.24) is 0 Å². The van der Waals surface area contributed by atoms with Crippen molar-refractivity contribution in [2.75, 3.05) is 6.61 Å². The molecule has 0 aliphatic carbocycles. The zero-order valence-electron chi connectivity index (χ0n) is 13.1. The van der Waals surface area contributed by atoms with E-state index in [0.29, 0.717) is 18.6 Å². The summed E-state index contributed by atoms with van der Waals surface area (Å²) in [4.78, 5) is 0. The average molecular weight is 356 g/mol. The predicted octanol–water partition coefficient (Wildman–Crippen LogP) is 4.91. The van der Waals surface area contributed by atoms with Crippen LogP contribution in [0.5, 0.6) is 5.75 Å². The molecular formula is C16H18F6O2. The maximum absolute atomic E-state index is 12.9. The molecule has 0 aromatic heterocycles. The Kier molecular flexibility index (Phi) is 6.32. The number of alkyl halides is 6. The highest BCUT2D eigenvalue weighted by Gasteiger charge is 2.71. The number of hydrogen-bond acceptors (Lipinski definition) is 2. The molecule has 0 atom stereocenters. The molecule has 0 radical (unpaired) electrons. The van der Waals surface area contributed by atoms with Crippen LogP contribution in [0.15, 0.2) is 30.4 Å². The van der Waals surface area contributed by atoms with Gasteiger partial charge in [0, 0.05) is 5.56 Å². The summed E-state index contributed by atoms with van der Waals surface area (Å²) in [5, 5.41) is 9.45. The highest BCUT2D eigenvalue weighted by Crippen LogP contribution is 2.50. The van der Waals surface area contributed by atoms with Gasteiger partial charge in [0.15, 0.2) is 0 Å². The monoisotopic (exact) mass is 356 g/mol. The van der Waals surface area contributed by atoms with Crippen LogP contribution in [0.3, 0.4) is 0 Å². The zero-order valence-corrected chi connectivity index (χ0v) is 13.1. The molecule has 0 spiro atoms. The molecular weight excluding hydrogens is 338 g/mol. The van der Waals surface area contributed by atoms with Crippen LogP contribution in [-0.2, 0) is 12.0 Å². The van der Waals surface area contributed by atoms with Gasteiger partial charge in [-0.2, -0.15) is 26.3 Å². The van der Waals surface area contributed by atoms with E-state index in [2.05, 4.69) is 0 Å². The van der Waals surface area contributed by atoms with Crippen LogP contribution in [-0.4, -0.2) is 24.1 Å². The van der Waals surface area contributed by atoms with E-state index in [1.54, 1.807) is 26.0 Å².